The van der Waals surface area contributed by atoms with E-state index in [1.807, 2.05) is 17.0 Å². The fourth-order valence-corrected chi connectivity index (χ4v) is 3.66. The molecule has 1 fully saturated rings. The SMILES string of the molecule is CCn1c(C2CCN(C(=O)c3ccc(Cl)cc3)C2)nc2cccnc21. The molecule has 4 rings (SSSR count). The van der Waals surface area contributed by atoms with Crippen molar-refractivity contribution in [2.45, 2.75) is 25.8 Å². The minimum absolute atomic E-state index is 0.0523. The molecule has 0 bridgehead atoms. The number of amides is 1. The summed E-state index contributed by atoms with van der Waals surface area (Å²) >= 11 is 5.91. The van der Waals surface area contributed by atoms with E-state index in [9.17, 15) is 4.79 Å². The van der Waals surface area contributed by atoms with Gasteiger partial charge in [0.2, 0.25) is 0 Å². The molecule has 6 heteroatoms. The summed E-state index contributed by atoms with van der Waals surface area (Å²) in [4.78, 5) is 23.9. The van der Waals surface area contributed by atoms with Crippen LogP contribution < -0.4 is 0 Å². The number of fused-ring (bicyclic) bond motifs is 1. The monoisotopic (exact) mass is 354 g/mol. The number of imidazole rings is 1. The first kappa shape index (κ1) is 16.1. The van der Waals surface area contributed by atoms with E-state index < -0.39 is 0 Å². The first-order valence-corrected chi connectivity index (χ1v) is 8.91. The number of benzene rings is 1. The van der Waals surface area contributed by atoms with Crippen LogP contribution in [0.1, 0.15) is 35.4 Å². The highest BCUT2D eigenvalue weighted by Gasteiger charge is 2.31. The first-order chi connectivity index (χ1) is 12.2. The zero-order valence-corrected chi connectivity index (χ0v) is 14.8. The summed E-state index contributed by atoms with van der Waals surface area (Å²) in [5, 5.41) is 0.639. The molecule has 5 nitrogen and oxygen atoms in total. The topological polar surface area (TPSA) is 51.0 Å². The number of carbonyl (C=O) groups is 1. The second kappa shape index (κ2) is 6.48. The van der Waals surface area contributed by atoms with Crippen LogP contribution >= 0.6 is 11.6 Å². The maximum absolute atomic E-state index is 12.7. The zero-order valence-electron chi connectivity index (χ0n) is 14.0. The summed E-state index contributed by atoms with van der Waals surface area (Å²) in [6, 6.07) is 11.0. The van der Waals surface area contributed by atoms with Crippen molar-refractivity contribution in [3.63, 3.8) is 0 Å². The Morgan fingerprint density at radius 3 is 2.84 bits per heavy atom. The number of likely N-dealkylation sites (tertiary alicyclic amines) is 1. The molecule has 0 saturated carbocycles. The zero-order chi connectivity index (χ0) is 17.4. The van der Waals surface area contributed by atoms with E-state index in [0.717, 1.165) is 36.5 Å². The van der Waals surface area contributed by atoms with Crippen LogP contribution in [0.25, 0.3) is 11.2 Å². The standard InChI is InChI=1S/C19H19ClN4O/c1-2-24-17(22-16-4-3-10-21-18(16)24)14-9-11-23(12-14)19(25)13-5-7-15(20)8-6-13/h3-8,10,14H,2,9,11-12H2,1H3. The average molecular weight is 355 g/mol. The number of halogens is 1. The molecule has 2 aromatic heterocycles. The number of carbonyl (C=O) groups excluding carboxylic acids is 1. The van der Waals surface area contributed by atoms with E-state index in [2.05, 4.69) is 16.5 Å². The second-order valence-electron chi connectivity index (χ2n) is 6.30. The van der Waals surface area contributed by atoms with Crippen LogP contribution in [0, 0.1) is 0 Å². The van der Waals surface area contributed by atoms with Gasteiger partial charge in [0.15, 0.2) is 5.65 Å². The van der Waals surface area contributed by atoms with Gasteiger partial charge in [-0.3, -0.25) is 4.79 Å². The summed E-state index contributed by atoms with van der Waals surface area (Å²) in [7, 11) is 0. The number of rotatable bonds is 3. The van der Waals surface area contributed by atoms with Crippen LogP contribution in [0.4, 0.5) is 0 Å². The number of hydrogen-bond donors (Lipinski definition) is 0. The van der Waals surface area contributed by atoms with Gasteiger partial charge in [0.05, 0.1) is 0 Å². The Morgan fingerprint density at radius 2 is 2.08 bits per heavy atom. The molecule has 0 radical (unpaired) electrons. The van der Waals surface area contributed by atoms with Gasteiger partial charge >= 0.3 is 0 Å². The molecule has 1 amide bonds. The van der Waals surface area contributed by atoms with Crippen molar-refractivity contribution in [3.8, 4) is 0 Å². The minimum Gasteiger partial charge on any atom is -0.338 e. The molecule has 1 aromatic carbocycles. The molecule has 0 spiro atoms. The number of pyridine rings is 1. The van der Waals surface area contributed by atoms with E-state index in [4.69, 9.17) is 16.6 Å². The highest BCUT2D eigenvalue weighted by molar-refractivity contribution is 6.30. The van der Waals surface area contributed by atoms with Crippen LogP contribution in [-0.4, -0.2) is 38.4 Å². The number of nitrogens with zero attached hydrogens (tertiary/aromatic N) is 4. The van der Waals surface area contributed by atoms with E-state index in [1.165, 1.54) is 0 Å². The Balaban J connectivity index is 1.58. The van der Waals surface area contributed by atoms with Crippen LogP contribution in [-0.2, 0) is 6.54 Å². The summed E-state index contributed by atoms with van der Waals surface area (Å²) in [5.74, 6) is 1.32. The summed E-state index contributed by atoms with van der Waals surface area (Å²) < 4.78 is 2.16. The summed E-state index contributed by atoms with van der Waals surface area (Å²) in [6.45, 7) is 4.35. The van der Waals surface area contributed by atoms with Crippen molar-refractivity contribution in [3.05, 3.63) is 59.0 Å². The van der Waals surface area contributed by atoms with Gasteiger partial charge in [-0.1, -0.05) is 11.6 Å². The predicted octanol–water partition coefficient (Wildman–Crippen LogP) is 3.73. The van der Waals surface area contributed by atoms with Crippen molar-refractivity contribution in [2.75, 3.05) is 13.1 Å². The molecule has 0 N–H and O–H groups in total. The van der Waals surface area contributed by atoms with Gasteiger partial charge in [0.1, 0.15) is 11.3 Å². The van der Waals surface area contributed by atoms with Gasteiger partial charge in [-0.05, 0) is 49.7 Å². The molecular weight excluding hydrogens is 336 g/mol. The highest BCUT2D eigenvalue weighted by Crippen LogP contribution is 2.30. The Hall–Kier alpha value is -2.40. The van der Waals surface area contributed by atoms with Crippen molar-refractivity contribution < 1.29 is 4.79 Å². The Morgan fingerprint density at radius 1 is 1.28 bits per heavy atom. The fraction of sp³-hybridized carbons (Fsp3) is 0.316. The Labute approximate surface area is 151 Å². The largest absolute Gasteiger partial charge is 0.338 e. The number of aryl methyl sites for hydroxylation is 1. The minimum atomic E-state index is 0.0523. The molecule has 128 valence electrons. The highest BCUT2D eigenvalue weighted by atomic mass is 35.5. The lowest BCUT2D eigenvalue weighted by Gasteiger charge is -2.17. The van der Waals surface area contributed by atoms with Gasteiger partial charge < -0.3 is 9.47 Å². The normalized spacial score (nSPS) is 17.4. The van der Waals surface area contributed by atoms with Crippen LogP contribution in [0.15, 0.2) is 42.6 Å². The summed E-state index contributed by atoms with van der Waals surface area (Å²) in [5.41, 5.74) is 2.51. The van der Waals surface area contributed by atoms with E-state index >= 15 is 0 Å². The van der Waals surface area contributed by atoms with Crippen molar-refractivity contribution in [1.29, 1.82) is 0 Å². The third-order valence-corrected chi connectivity index (χ3v) is 5.03. The molecule has 1 unspecified atom stereocenters. The van der Waals surface area contributed by atoms with Gasteiger partial charge in [-0.2, -0.15) is 0 Å². The van der Waals surface area contributed by atoms with Gasteiger partial charge in [0, 0.05) is 42.3 Å². The quantitative estimate of drug-likeness (QED) is 0.720. The lowest BCUT2D eigenvalue weighted by Crippen LogP contribution is -2.28. The third-order valence-electron chi connectivity index (χ3n) is 4.78. The van der Waals surface area contributed by atoms with E-state index in [-0.39, 0.29) is 11.8 Å². The van der Waals surface area contributed by atoms with Crippen molar-refractivity contribution >= 4 is 28.7 Å². The molecule has 3 heterocycles. The average Bonchev–Trinajstić information content (AvgIpc) is 3.26. The molecule has 25 heavy (non-hydrogen) atoms. The maximum atomic E-state index is 12.7. The van der Waals surface area contributed by atoms with Crippen LogP contribution in [0.3, 0.4) is 0 Å². The molecule has 1 saturated heterocycles. The molecular formula is C19H19ClN4O. The van der Waals surface area contributed by atoms with Crippen LogP contribution in [0.5, 0.6) is 0 Å². The fourth-order valence-electron chi connectivity index (χ4n) is 3.53. The van der Waals surface area contributed by atoms with E-state index in [0.29, 0.717) is 17.1 Å². The third kappa shape index (κ3) is 2.89. The maximum Gasteiger partial charge on any atom is 0.253 e. The molecule has 0 aliphatic carbocycles. The lowest BCUT2D eigenvalue weighted by atomic mass is 10.1. The molecule has 3 aromatic rings. The smallest absolute Gasteiger partial charge is 0.253 e. The van der Waals surface area contributed by atoms with E-state index in [1.54, 1.807) is 30.5 Å². The number of aromatic nitrogens is 3. The molecule has 1 aliphatic heterocycles. The Bertz CT molecular complexity index is 919. The number of hydrogen-bond acceptors (Lipinski definition) is 3. The second-order valence-corrected chi connectivity index (χ2v) is 6.74. The Kier molecular flexibility index (Phi) is 4.17. The lowest BCUT2D eigenvalue weighted by molar-refractivity contribution is 0.0790. The van der Waals surface area contributed by atoms with Gasteiger partial charge in [0.25, 0.3) is 5.91 Å². The van der Waals surface area contributed by atoms with Crippen LogP contribution in [0.2, 0.25) is 5.02 Å². The van der Waals surface area contributed by atoms with Gasteiger partial charge in [-0.15, -0.1) is 0 Å². The molecule has 1 atom stereocenters. The first-order valence-electron chi connectivity index (χ1n) is 8.53. The van der Waals surface area contributed by atoms with Crippen molar-refractivity contribution in [2.24, 2.45) is 0 Å². The van der Waals surface area contributed by atoms with Gasteiger partial charge in [-0.25, -0.2) is 9.97 Å². The summed E-state index contributed by atoms with van der Waals surface area (Å²) in [6.07, 6.45) is 2.72. The van der Waals surface area contributed by atoms with Crippen molar-refractivity contribution in [1.82, 2.24) is 19.4 Å². The predicted molar refractivity (Wildman–Crippen MR) is 97.9 cm³/mol. The molecule has 1 aliphatic rings.